The first-order valence-electron chi connectivity index (χ1n) is 9.15. The van der Waals surface area contributed by atoms with Gasteiger partial charge in [-0.25, -0.2) is 4.68 Å². The summed E-state index contributed by atoms with van der Waals surface area (Å²) in [5.74, 6) is 0. The second kappa shape index (κ2) is 8.40. The van der Waals surface area contributed by atoms with Crippen LogP contribution in [0.25, 0.3) is 5.69 Å². The highest BCUT2D eigenvalue weighted by molar-refractivity contribution is 5.34. The van der Waals surface area contributed by atoms with E-state index in [9.17, 15) is 5.11 Å². The Balaban J connectivity index is 1.52. The molecule has 2 heterocycles. The van der Waals surface area contributed by atoms with Gasteiger partial charge in [0.25, 0.3) is 0 Å². The lowest BCUT2D eigenvalue weighted by atomic mass is 10.1. The van der Waals surface area contributed by atoms with Gasteiger partial charge < -0.3 is 10.0 Å². The van der Waals surface area contributed by atoms with E-state index in [1.54, 1.807) is 0 Å². The molecule has 0 bridgehead atoms. The van der Waals surface area contributed by atoms with E-state index < -0.39 is 0 Å². The average molecular weight is 328 g/mol. The highest BCUT2D eigenvalue weighted by atomic mass is 16.3. The molecule has 0 radical (unpaired) electrons. The van der Waals surface area contributed by atoms with Crippen molar-refractivity contribution in [3.8, 4) is 5.69 Å². The number of aliphatic hydroxyl groups is 1. The molecule has 1 aliphatic heterocycles. The Morgan fingerprint density at radius 2 is 1.88 bits per heavy atom. The van der Waals surface area contributed by atoms with Crippen LogP contribution in [0.3, 0.4) is 0 Å². The van der Waals surface area contributed by atoms with E-state index in [1.807, 2.05) is 10.9 Å². The average Bonchev–Trinajstić information content (AvgIpc) is 3.09. The van der Waals surface area contributed by atoms with Crippen LogP contribution in [0, 0.1) is 0 Å². The number of piperidine rings is 1. The van der Waals surface area contributed by atoms with Crippen LogP contribution < -0.4 is 0 Å². The molecule has 1 aromatic heterocycles. The van der Waals surface area contributed by atoms with Crippen LogP contribution in [-0.2, 0) is 12.8 Å². The number of hydrogen-bond acceptors (Lipinski definition) is 4. The number of aliphatic hydroxyl groups excluding tert-OH is 1. The summed E-state index contributed by atoms with van der Waals surface area (Å²) in [7, 11) is 0. The van der Waals surface area contributed by atoms with Gasteiger partial charge in [0.05, 0.1) is 23.7 Å². The molecule has 0 atom stereocenters. The molecule has 0 spiro atoms. The minimum atomic E-state index is -0.0922. The normalized spacial score (nSPS) is 16.6. The zero-order valence-corrected chi connectivity index (χ0v) is 14.6. The van der Waals surface area contributed by atoms with Crippen LogP contribution >= 0.6 is 0 Å². The van der Waals surface area contributed by atoms with Gasteiger partial charge in [0.15, 0.2) is 0 Å². The van der Waals surface area contributed by atoms with E-state index in [4.69, 9.17) is 0 Å². The van der Waals surface area contributed by atoms with Crippen molar-refractivity contribution in [2.45, 2.75) is 51.6 Å². The predicted molar refractivity (Wildman–Crippen MR) is 95.4 cm³/mol. The number of rotatable bonds is 7. The second-order valence-electron chi connectivity index (χ2n) is 6.75. The first-order valence-corrected chi connectivity index (χ1v) is 9.15. The molecule has 0 aliphatic carbocycles. The molecule has 2 aromatic rings. The van der Waals surface area contributed by atoms with Gasteiger partial charge in [0, 0.05) is 19.6 Å². The molecular formula is C19H28N4O. The maximum Gasteiger partial charge on any atom is 0.0831 e. The van der Waals surface area contributed by atoms with Crippen molar-refractivity contribution < 1.29 is 5.11 Å². The summed E-state index contributed by atoms with van der Waals surface area (Å²) in [6, 6.07) is 8.60. The quantitative estimate of drug-likeness (QED) is 0.849. The fourth-order valence-corrected chi connectivity index (χ4v) is 3.14. The smallest absolute Gasteiger partial charge is 0.0831 e. The van der Waals surface area contributed by atoms with Crippen LogP contribution in [0.2, 0.25) is 0 Å². The molecule has 5 heteroatoms. The minimum absolute atomic E-state index is 0.0922. The third kappa shape index (κ3) is 4.65. The lowest BCUT2D eigenvalue weighted by Gasteiger charge is -2.29. The molecule has 1 N–H and O–H groups in total. The van der Waals surface area contributed by atoms with Gasteiger partial charge >= 0.3 is 0 Å². The van der Waals surface area contributed by atoms with E-state index in [2.05, 4.69) is 46.4 Å². The molecule has 0 saturated carbocycles. The Morgan fingerprint density at radius 3 is 2.58 bits per heavy atom. The highest BCUT2D eigenvalue weighted by Gasteiger charge is 2.16. The second-order valence-corrected chi connectivity index (χ2v) is 6.75. The Kier molecular flexibility index (Phi) is 5.99. The SMILES string of the molecule is CCCCc1cn(-c2ccc(CCN3CCC(O)CC3)cc2)nn1. The molecule has 3 rings (SSSR count). The van der Waals surface area contributed by atoms with Crippen molar-refractivity contribution in [3.05, 3.63) is 41.7 Å². The maximum absolute atomic E-state index is 9.56. The van der Waals surface area contributed by atoms with E-state index in [-0.39, 0.29) is 6.10 Å². The van der Waals surface area contributed by atoms with Crippen molar-refractivity contribution >= 4 is 0 Å². The number of nitrogens with zero attached hydrogens (tertiary/aromatic N) is 4. The summed E-state index contributed by atoms with van der Waals surface area (Å²) < 4.78 is 1.86. The number of hydrogen-bond donors (Lipinski definition) is 1. The largest absolute Gasteiger partial charge is 0.393 e. The molecule has 1 saturated heterocycles. The van der Waals surface area contributed by atoms with Crippen molar-refractivity contribution in [2.75, 3.05) is 19.6 Å². The molecular weight excluding hydrogens is 300 g/mol. The number of likely N-dealkylation sites (tertiary alicyclic amines) is 1. The Hall–Kier alpha value is -1.72. The summed E-state index contributed by atoms with van der Waals surface area (Å²) in [5, 5.41) is 18.0. The van der Waals surface area contributed by atoms with Crippen molar-refractivity contribution in [1.82, 2.24) is 19.9 Å². The number of aryl methyl sites for hydroxylation is 1. The van der Waals surface area contributed by atoms with Crippen molar-refractivity contribution in [3.63, 3.8) is 0 Å². The fraction of sp³-hybridized carbons (Fsp3) is 0.579. The van der Waals surface area contributed by atoms with E-state index in [1.165, 1.54) is 12.0 Å². The molecule has 0 amide bonds. The number of benzene rings is 1. The van der Waals surface area contributed by atoms with E-state index in [0.717, 1.165) is 63.1 Å². The van der Waals surface area contributed by atoms with Crippen molar-refractivity contribution in [1.29, 1.82) is 0 Å². The molecule has 5 nitrogen and oxygen atoms in total. The van der Waals surface area contributed by atoms with Crippen LogP contribution in [0.15, 0.2) is 30.5 Å². The van der Waals surface area contributed by atoms with E-state index >= 15 is 0 Å². The molecule has 1 fully saturated rings. The lowest BCUT2D eigenvalue weighted by molar-refractivity contribution is 0.0832. The topological polar surface area (TPSA) is 54.2 Å². The van der Waals surface area contributed by atoms with Gasteiger partial charge in [-0.05, 0) is 49.8 Å². The number of unbranched alkanes of at least 4 members (excludes halogenated alkanes) is 1. The standard InChI is InChI=1S/C19H28N4O/c1-2-3-4-17-15-23(21-20-17)18-7-5-16(6-8-18)9-12-22-13-10-19(24)11-14-22/h5-8,15,19,24H,2-4,9-14H2,1H3. The summed E-state index contributed by atoms with van der Waals surface area (Å²) in [6.45, 7) is 5.28. The van der Waals surface area contributed by atoms with Crippen LogP contribution in [0.4, 0.5) is 0 Å². The molecule has 24 heavy (non-hydrogen) atoms. The van der Waals surface area contributed by atoms with Gasteiger partial charge in [-0.15, -0.1) is 5.10 Å². The fourth-order valence-electron chi connectivity index (χ4n) is 3.14. The van der Waals surface area contributed by atoms with E-state index in [0.29, 0.717) is 0 Å². The van der Waals surface area contributed by atoms with Gasteiger partial charge in [0.2, 0.25) is 0 Å². The Morgan fingerprint density at radius 1 is 1.12 bits per heavy atom. The molecule has 130 valence electrons. The summed E-state index contributed by atoms with van der Waals surface area (Å²) >= 11 is 0. The molecule has 1 aliphatic rings. The highest BCUT2D eigenvalue weighted by Crippen LogP contribution is 2.13. The molecule has 0 unspecified atom stereocenters. The maximum atomic E-state index is 9.56. The third-order valence-electron chi connectivity index (χ3n) is 4.80. The Labute approximate surface area is 144 Å². The van der Waals surface area contributed by atoms with Crippen LogP contribution in [0.5, 0.6) is 0 Å². The van der Waals surface area contributed by atoms with Crippen LogP contribution in [-0.4, -0.2) is 50.7 Å². The third-order valence-corrected chi connectivity index (χ3v) is 4.80. The number of aromatic nitrogens is 3. The summed E-state index contributed by atoms with van der Waals surface area (Å²) in [6.07, 6.45) is 8.14. The summed E-state index contributed by atoms with van der Waals surface area (Å²) in [4.78, 5) is 2.44. The van der Waals surface area contributed by atoms with Gasteiger partial charge in [0.1, 0.15) is 0 Å². The zero-order chi connectivity index (χ0) is 16.8. The van der Waals surface area contributed by atoms with Gasteiger partial charge in [-0.3, -0.25) is 0 Å². The van der Waals surface area contributed by atoms with Crippen LogP contribution in [0.1, 0.15) is 43.9 Å². The molecule has 1 aromatic carbocycles. The van der Waals surface area contributed by atoms with Gasteiger partial charge in [-0.2, -0.15) is 0 Å². The minimum Gasteiger partial charge on any atom is -0.393 e. The first-order chi connectivity index (χ1) is 11.7. The first kappa shape index (κ1) is 17.1. The summed E-state index contributed by atoms with van der Waals surface area (Å²) in [5.41, 5.74) is 3.47. The lowest BCUT2D eigenvalue weighted by Crippen LogP contribution is -2.37. The monoisotopic (exact) mass is 328 g/mol. The van der Waals surface area contributed by atoms with Gasteiger partial charge in [-0.1, -0.05) is 30.7 Å². The Bertz CT molecular complexity index is 615. The zero-order valence-electron chi connectivity index (χ0n) is 14.6. The predicted octanol–water partition coefficient (Wildman–Crippen LogP) is 2.61. The van der Waals surface area contributed by atoms with Crippen molar-refractivity contribution in [2.24, 2.45) is 0 Å².